The third-order valence-corrected chi connectivity index (χ3v) is 2.94. The summed E-state index contributed by atoms with van der Waals surface area (Å²) in [6.07, 6.45) is 0.699. The molecule has 0 N–H and O–H groups in total. The minimum Gasteiger partial charge on any atom is -0.445 e. The average Bonchev–Trinajstić information content (AvgIpc) is 1.83. The van der Waals surface area contributed by atoms with E-state index in [0.29, 0.717) is 0 Å². The van der Waals surface area contributed by atoms with Crippen LogP contribution in [0, 0.1) is 0 Å². The lowest BCUT2D eigenvalue weighted by molar-refractivity contribution is -0.141. The second-order valence-electron chi connectivity index (χ2n) is 2.18. The molecule has 0 aromatic rings. The molecule has 0 aliphatic rings. The van der Waals surface area contributed by atoms with Crippen molar-refractivity contribution in [1.82, 2.24) is 0 Å². The molecular formula is C5H9O5PS. The van der Waals surface area contributed by atoms with E-state index < -0.39 is 21.2 Å². The van der Waals surface area contributed by atoms with Crippen molar-refractivity contribution in [2.75, 3.05) is 12.4 Å². The summed E-state index contributed by atoms with van der Waals surface area (Å²) in [6.45, 7) is 1.10. The second-order valence-corrected chi connectivity index (χ2v) is 4.99. The zero-order valence-corrected chi connectivity index (χ0v) is 8.39. The van der Waals surface area contributed by atoms with E-state index in [9.17, 15) is 17.8 Å². The van der Waals surface area contributed by atoms with Gasteiger partial charge in [-0.05, 0) is 0 Å². The Hall–Kier alpha value is -0.480. The molecule has 0 rings (SSSR count). The molecule has 0 amide bonds. The molecule has 0 saturated carbocycles. The van der Waals surface area contributed by atoms with Crippen molar-refractivity contribution in [1.29, 1.82) is 0 Å². The van der Waals surface area contributed by atoms with Crippen LogP contribution < -0.4 is 0 Å². The molecule has 5 nitrogen and oxygen atoms in total. The number of ether oxygens (including phenoxy) is 1. The van der Waals surface area contributed by atoms with E-state index in [-0.39, 0.29) is 14.6 Å². The van der Waals surface area contributed by atoms with Crippen LogP contribution in [0.5, 0.6) is 0 Å². The SMILES string of the molecule is CC(=O)OC(CP=O)S(C)(=O)=O. The topological polar surface area (TPSA) is 77.5 Å². The van der Waals surface area contributed by atoms with Crippen LogP contribution in [0.15, 0.2) is 0 Å². The lowest BCUT2D eigenvalue weighted by Crippen LogP contribution is -2.27. The van der Waals surface area contributed by atoms with Crippen molar-refractivity contribution in [2.24, 2.45) is 0 Å². The van der Waals surface area contributed by atoms with Crippen LogP contribution in [0.2, 0.25) is 0 Å². The van der Waals surface area contributed by atoms with Crippen LogP contribution >= 0.6 is 8.46 Å². The molecule has 0 spiro atoms. The molecule has 0 aromatic carbocycles. The van der Waals surface area contributed by atoms with E-state index in [2.05, 4.69) is 4.74 Å². The molecule has 12 heavy (non-hydrogen) atoms. The Balaban J connectivity index is 4.44. The molecule has 0 radical (unpaired) electrons. The van der Waals surface area contributed by atoms with E-state index in [1.54, 1.807) is 0 Å². The van der Waals surface area contributed by atoms with Crippen LogP contribution in [0.25, 0.3) is 0 Å². The molecule has 0 bridgehead atoms. The number of carbonyl (C=O) groups is 1. The number of esters is 1. The quantitative estimate of drug-likeness (QED) is 0.491. The molecular weight excluding hydrogens is 203 g/mol. The van der Waals surface area contributed by atoms with Gasteiger partial charge < -0.3 is 4.74 Å². The summed E-state index contributed by atoms with van der Waals surface area (Å²) in [7, 11) is -3.83. The summed E-state index contributed by atoms with van der Waals surface area (Å²) < 4.78 is 36.2. The van der Waals surface area contributed by atoms with Gasteiger partial charge in [0.2, 0.25) is 5.44 Å². The van der Waals surface area contributed by atoms with E-state index in [1.807, 2.05) is 0 Å². The summed E-state index contributed by atoms with van der Waals surface area (Å²) in [4.78, 5) is 10.4. The first-order valence-corrected chi connectivity index (χ1v) is 5.98. The van der Waals surface area contributed by atoms with Gasteiger partial charge in [0.1, 0.15) is 0 Å². The third kappa shape index (κ3) is 4.41. The molecule has 70 valence electrons. The van der Waals surface area contributed by atoms with Gasteiger partial charge in [0.15, 0.2) is 18.3 Å². The molecule has 0 aliphatic carbocycles. The number of sulfone groups is 1. The molecule has 0 saturated heterocycles. The highest BCUT2D eigenvalue weighted by Crippen LogP contribution is 2.08. The maximum atomic E-state index is 10.8. The monoisotopic (exact) mass is 212 g/mol. The normalized spacial score (nSPS) is 14.2. The molecule has 0 heterocycles. The van der Waals surface area contributed by atoms with Crippen LogP contribution in [0.4, 0.5) is 0 Å². The van der Waals surface area contributed by atoms with Gasteiger partial charge in [-0.2, -0.15) is 0 Å². The number of carbonyl (C=O) groups excluding carboxylic acids is 1. The predicted molar refractivity (Wildman–Crippen MR) is 42.9 cm³/mol. The lowest BCUT2D eigenvalue weighted by atomic mass is 10.7. The van der Waals surface area contributed by atoms with Crippen LogP contribution in [-0.2, 0) is 23.9 Å². The Morgan fingerprint density at radius 1 is 1.58 bits per heavy atom. The smallest absolute Gasteiger partial charge is 0.303 e. The Morgan fingerprint density at radius 2 is 2.08 bits per heavy atom. The number of hydrogen-bond donors (Lipinski definition) is 0. The molecule has 1 atom stereocenters. The maximum absolute atomic E-state index is 10.8. The van der Waals surface area contributed by atoms with Crippen LogP contribution in [-0.4, -0.2) is 32.2 Å². The summed E-state index contributed by atoms with van der Waals surface area (Å²) >= 11 is 0. The summed E-state index contributed by atoms with van der Waals surface area (Å²) in [5, 5.41) is 0. The summed E-state index contributed by atoms with van der Waals surface area (Å²) in [5.41, 5.74) is -1.30. The van der Waals surface area contributed by atoms with Gasteiger partial charge in [-0.25, -0.2) is 8.42 Å². The summed E-state index contributed by atoms with van der Waals surface area (Å²) in [6, 6.07) is 0. The molecule has 0 aromatic heterocycles. The van der Waals surface area contributed by atoms with Crippen molar-refractivity contribution < 1.29 is 22.5 Å². The first kappa shape index (κ1) is 11.5. The van der Waals surface area contributed by atoms with Gasteiger partial charge in [-0.1, -0.05) is 0 Å². The van der Waals surface area contributed by atoms with Crippen LogP contribution in [0.3, 0.4) is 0 Å². The molecule has 0 aliphatic heterocycles. The van der Waals surface area contributed by atoms with Gasteiger partial charge in [0.25, 0.3) is 0 Å². The largest absolute Gasteiger partial charge is 0.445 e. The molecule has 1 unspecified atom stereocenters. The van der Waals surface area contributed by atoms with E-state index >= 15 is 0 Å². The Bertz CT molecular complexity index is 270. The van der Waals surface area contributed by atoms with E-state index in [0.717, 1.165) is 13.2 Å². The zero-order chi connectivity index (χ0) is 9.78. The van der Waals surface area contributed by atoms with E-state index in [4.69, 9.17) is 0 Å². The molecule has 7 heteroatoms. The van der Waals surface area contributed by atoms with Crippen LogP contribution in [0.1, 0.15) is 6.92 Å². The van der Waals surface area contributed by atoms with Gasteiger partial charge in [0, 0.05) is 13.2 Å². The highest BCUT2D eigenvalue weighted by atomic mass is 32.2. The van der Waals surface area contributed by atoms with Crippen molar-refractivity contribution in [2.45, 2.75) is 12.4 Å². The standard InChI is InChI=1S/C5H9O5PS/c1-4(6)10-5(3-11-7)12(2,8)9/h5H,3H2,1-2H3. The highest BCUT2D eigenvalue weighted by Gasteiger charge is 2.23. The van der Waals surface area contributed by atoms with Crippen molar-refractivity contribution in [3.8, 4) is 0 Å². The minimum atomic E-state index is -3.47. The van der Waals surface area contributed by atoms with Gasteiger partial charge >= 0.3 is 5.97 Å². The fourth-order valence-electron chi connectivity index (χ4n) is 0.506. The predicted octanol–water partition coefficient (Wildman–Crippen LogP) is 0.212. The zero-order valence-electron chi connectivity index (χ0n) is 6.68. The number of hydrogen-bond acceptors (Lipinski definition) is 5. The first-order chi connectivity index (χ1) is 5.38. The second kappa shape index (κ2) is 4.52. The van der Waals surface area contributed by atoms with Crippen molar-refractivity contribution in [3.05, 3.63) is 0 Å². The van der Waals surface area contributed by atoms with Crippen molar-refractivity contribution in [3.63, 3.8) is 0 Å². The fraction of sp³-hybridized carbons (Fsp3) is 0.800. The highest BCUT2D eigenvalue weighted by molar-refractivity contribution is 7.91. The lowest BCUT2D eigenvalue weighted by Gasteiger charge is -2.10. The number of rotatable bonds is 4. The Labute approximate surface area is 72.2 Å². The van der Waals surface area contributed by atoms with Gasteiger partial charge in [-0.3, -0.25) is 9.36 Å². The maximum Gasteiger partial charge on any atom is 0.303 e. The minimum absolute atomic E-state index is 0.224. The van der Waals surface area contributed by atoms with Gasteiger partial charge in [0.05, 0.1) is 6.16 Å². The van der Waals surface area contributed by atoms with E-state index in [1.165, 1.54) is 0 Å². The van der Waals surface area contributed by atoms with Crippen molar-refractivity contribution >= 4 is 24.3 Å². The average molecular weight is 212 g/mol. The Morgan fingerprint density at radius 3 is 2.33 bits per heavy atom. The molecule has 0 fully saturated rings. The first-order valence-electron chi connectivity index (χ1n) is 3.03. The fourth-order valence-corrected chi connectivity index (χ4v) is 2.28. The Kier molecular flexibility index (Phi) is 4.34. The summed E-state index contributed by atoms with van der Waals surface area (Å²) in [5.74, 6) is -0.700. The third-order valence-electron chi connectivity index (χ3n) is 0.999. The van der Waals surface area contributed by atoms with Gasteiger partial charge in [-0.15, -0.1) is 0 Å².